The maximum Gasteiger partial charge on any atom is 0.333 e. The molecule has 3 aromatic rings. The van der Waals surface area contributed by atoms with Crippen molar-refractivity contribution in [3.63, 3.8) is 0 Å². The average molecular weight is 469 g/mol. The van der Waals surface area contributed by atoms with Crippen LogP contribution in [0, 0.1) is 0 Å². The zero-order valence-corrected chi connectivity index (χ0v) is 20.4. The number of carbonyl (C=O) groups is 1. The molecule has 0 radical (unpaired) electrons. The Kier molecular flexibility index (Phi) is 8.89. The van der Waals surface area contributed by atoms with E-state index in [2.05, 4.69) is 23.6 Å². The number of halogens is 1. The number of rotatable bonds is 10. The van der Waals surface area contributed by atoms with Gasteiger partial charge in [-0.1, -0.05) is 49.2 Å². The fraction of sp³-hybridized carbons (Fsp3) is 0.308. The van der Waals surface area contributed by atoms with Crippen LogP contribution in [0.4, 0.5) is 0 Å². The van der Waals surface area contributed by atoms with E-state index in [-0.39, 0.29) is 5.97 Å². The number of hydrogen-bond acceptors (Lipinski definition) is 4. The summed E-state index contributed by atoms with van der Waals surface area (Å²) in [5.74, 6) is 0.734. The highest BCUT2D eigenvalue weighted by molar-refractivity contribution is 7.11. The smallest absolute Gasteiger partial charge is 0.333 e. The van der Waals surface area contributed by atoms with Gasteiger partial charge in [-0.25, -0.2) is 9.78 Å². The largest absolute Gasteiger partial charge is 0.463 e. The molecule has 168 valence electrons. The number of carbonyl (C=O) groups excluding carboxylic acids is 1. The Bertz CT molecular complexity index is 1100. The summed E-state index contributed by atoms with van der Waals surface area (Å²) in [5, 5.41) is 2.78. The van der Waals surface area contributed by atoms with E-state index >= 15 is 0 Å². The first-order valence-corrected chi connectivity index (χ1v) is 12.2. The summed E-state index contributed by atoms with van der Waals surface area (Å²) in [6.45, 7) is 6.77. The third-order valence-corrected chi connectivity index (χ3v) is 6.38. The molecule has 0 amide bonds. The molecule has 0 spiro atoms. The summed E-state index contributed by atoms with van der Waals surface area (Å²) in [7, 11) is 0. The Morgan fingerprint density at radius 1 is 1.22 bits per heavy atom. The van der Waals surface area contributed by atoms with Gasteiger partial charge in [-0.15, -0.1) is 11.3 Å². The van der Waals surface area contributed by atoms with E-state index in [0.29, 0.717) is 18.7 Å². The minimum atomic E-state index is -0.303. The van der Waals surface area contributed by atoms with Gasteiger partial charge in [0.1, 0.15) is 5.82 Å². The minimum absolute atomic E-state index is 0.303. The van der Waals surface area contributed by atoms with Crippen molar-refractivity contribution in [3.8, 4) is 0 Å². The number of allylic oxidation sites excluding steroid dienone is 2. The van der Waals surface area contributed by atoms with Crippen LogP contribution in [0.15, 0.2) is 59.6 Å². The van der Waals surface area contributed by atoms with E-state index in [4.69, 9.17) is 21.3 Å². The van der Waals surface area contributed by atoms with Crippen LogP contribution >= 0.6 is 22.9 Å². The number of aromatic nitrogens is 2. The van der Waals surface area contributed by atoms with Crippen molar-refractivity contribution >= 4 is 40.6 Å². The second-order valence-corrected chi connectivity index (χ2v) is 8.86. The van der Waals surface area contributed by atoms with Crippen LogP contribution in [0.3, 0.4) is 0 Å². The lowest BCUT2D eigenvalue weighted by Crippen LogP contribution is -2.08. The normalized spacial score (nSPS) is 12.2. The van der Waals surface area contributed by atoms with Crippen molar-refractivity contribution in [1.29, 1.82) is 0 Å². The Morgan fingerprint density at radius 2 is 2.03 bits per heavy atom. The number of imidazole rings is 1. The summed E-state index contributed by atoms with van der Waals surface area (Å²) in [5.41, 5.74) is 3.55. The topological polar surface area (TPSA) is 44.1 Å². The number of esters is 1. The van der Waals surface area contributed by atoms with Gasteiger partial charge >= 0.3 is 5.97 Å². The van der Waals surface area contributed by atoms with E-state index < -0.39 is 0 Å². The lowest BCUT2D eigenvalue weighted by atomic mass is 10.1. The van der Waals surface area contributed by atoms with E-state index in [1.807, 2.05) is 54.9 Å². The van der Waals surface area contributed by atoms with Crippen LogP contribution in [0.5, 0.6) is 0 Å². The molecule has 3 rings (SSSR count). The number of hydrogen-bond donors (Lipinski definition) is 0. The van der Waals surface area contributed by atoms with Crippen molar-refractivity contribution in [2.75, 3.05) is 6.61 Å². The van der Waals surface area contributed by atoms with Gasteiger partial charge in [0.2, 0.25) is 0 Å². The second kappa shape index (κ2) is 11.8. The molecule has 0 bridgehead atoms. The Hall–Kier alpha value is -2.63. The van der Waals surface area contributed by atoms with Crippen LogP contribution in [-0.2, 0) is 22.5 Å². The molecule has 32 heavy (non-hydrogen) atoms. The molecule has 0 atom stereocenters. The molecule has 0 aliphatic heterocycles. The van der Waals surface area contributed by atoms with Gasteiger partial charge in [-0.05, 0) is 61.1 Å². The third-order valence-electron chi connectivity index (χ3n) is 5.09. The first-order valence-electron chi connectivity index (χ1n) is 10.9. The monoisotopic (exact) mass is 468 g/mol. The average Bonchev–Trinajstić information content (AvgIpc) is 3.44. The Morgan fingerprint density at radius 3 is 2.72 bits per heavy atom. The van der Waals surface area contributed by atoms with Crippen LogP contribution in [0.1, 0.15) is 55.6 Å². The van der Waals surface area contributed by atoms with E-state index in [1.165, 1.54) is 0 Å². The minimum Gasteiger partial charge on any atom is -0.463 e. The fourth-order valence-corrected chi connectivity index (χ4v) is 4.29. The summed E-state index contributed by atoms with van der Waals surface area (Å²) < 4.78 is 7.39. The number of ether oxygens (including phenoxy) is 1. The summed E-state index contributed by atoms with van der Waals surface area (Å²) in [4.78, 5) is 18.0. The zero-order chi connectivity index (χ0) is 22.9. The highest BCUT2D eigenvalue weighted by Gasteiger charge is 2.13. The van der Waals surface area contributed by atoms with Crippen LogP contribution in [0.25, 0.3) is 11.6 Å². The molecule has 0 N–H and O–H groups in total. The number of unbranched alkanes of at least 4 members (excludes halogenated alkanes) is 1. The van der Waals surface area contributed by atoms with Crippen LogP contribution in [-0.4, -0.2) is 22.1 Å². The maximum atomic E-state index is 12.2. The predicted molar refractivity (Wildman–Crippen MR) is 134 cm³/mol. The molecule has 6 heteroatoms. The highest BCUT2D eigenvalue weighted by atomic mass is 35.5. The third kappa shape index (κ3) is 6.21. The number of thiophene rings is 1. The van der Waals surface area contributed by atoms with Crippen molar-refractivity contribution in [3.05, 3.63) is 86.6 Å². The van der Waals surface area contributed by atoms with Crippen molar-refractivity contribution in [2.24, 2.45) is 0 Å². The van der Waals surface area contributed by atoms with Gasteiger partial charge in [0.15, 0.2) is 0 Å². The molecule has 1 aromatic carbocycles. The molecule has 0 saturated heterocycles. The first kappa shape index (κ1) is 24.0. The van der Waals surface area contributed by atoms with Gasteiger partial charge in [-0.3, -0.25) is 0 Å². The standard InChI is InChI=1S/C26H29ClN2O2S/c1-4-6-13-25-28-17-22(29(25)18-20-10-7-8-11-23(20)27)16-21(24-12-9-14-32-24)15-19(3)26(30)31-5-2/h7-12,14-17H,4-6,13,18H2,1-3H3/b19-15+,21-16+. The van der Waals surface area contributed by atoms with Gasteiger partial charge in [0.05, 0.1) is 25.0 Å². The molecule has 4 nitrogen and oxygen atoms in total. The lowest BCUT2D eigenvalue weighted by molar-refractivity contribution is -0.138. The van der Waals surface area contributed by atoms with Gasteiger partial charge in [0.25, 0.3) is 0 Å². The molecule has 2 aromatic heterocycles. The lowest BCUT2D eigenvalue weighted by Gasteiger charge is -2.13. The van der Waals surface area contributed by atoms with Crippen molar-refractivity contribution in [1.82, 2.24) is 9.55 Å². The zero-order valence-electron chi connectivity index (χ0n) is 18.8. The molecular weight excluding hydrogens is 440 g/mol. The fourth-order valence-electron chi connectivity index (χ4n) is 3.38. The summed E-state index contributed by atoms with van der Waals surface area (Å²) >= 11 is 8.10. The van der Waals surface area contributed by atoms with Crippen LogP contribution in [0.2, 0.25) is 5.02 Å². The molecular formula is C26H29ClN2O2S. The summed E-state index contributed by atoms with van der Waals surface area (Å²) in [6.07, 6.45) is 8.97. The highest BCUT2D eigenvalue weighted by Crippen LogP contribution is 2.27. The van der Waals surface area contributed by atoms with Gasteiger partial charge in [0, 0.05) is 21.9 Å². The molecule has 0 aliphatic rings. The Balaban J connectivity index is 2.06. The first-order chi connectivity index (χ1) is 15.5. The quantitative estimate of drug-likeness (QED) is 0.182. The van der Waals surface area contributed by atoms with Gasteiger partial charge < -0.3 is 9.30 Å². The second-order valence-electron chi connectivity index (χ2n) is 7.51. The molecule has 0 saturated carbocycles. The van der Waals surface area contributed by atoms with E-state index in [9.17, 15) is 4.79 Å². The van der Waals surface area contributed by atoms with Crippen molar-refractivity contribution < 1.29 is 9.53 Å². The molecule has 0 fully saturated rings. The van der Waals surface area contributed by atoms with E-state index in [1.54, 1.807) is 18.3 Å². The SMILES string of the molecule is CCCCc1ncc(/C=C(\C=C(/C)C(=O)OCC)c2cccs2)n1Cc1ccccc1Cl. The number of nitrogens with zero attached hydrogens (tertiary/aromatic N) is 2. The van der Waals surface area contributed by atoms with E-state index in [0.717, 1.165) is 51.8 Å². The molecule has 0 aliphatic carbocycles. The van der Waals surface area contributed by atoms with Crippen LogP contribution < -0.4 is 0 Å². The maximum absolute atomic E-state index is 12.2. The molecule has 2 heterocycles. The van der Waals surface area contributed by atoms with Gasteiger partial charge in [-0.2, -0.15) is 0 Å². The number of aryl methyl sites for hydroxylation is 1. The van der Waals surface area contributed by atoms with Crippen molar-refractivity contribution in [2.45, 2.75) is 46.6 Å². The number of benzene rings is 1. The molecule has 0 unspecified atom stereocenters. The Labute approximate surface area is 199 Å². The predicted octanol–water partition coefficient (Wildman–Crippen LogP) is 7.04. The summed E-state index contributed by atoms with van der Waals surface area (Å²) in [6, 6.07) is 12.0.